The normalized spacial score (nSPS) is 11.3. The van der Waals surface area contributed by atoms with Gasteiger partial charge in [0.25, 0.3) is 5.91 Å². The van der Waals surface area contributed by atoms with Crippen LogP contribution >= 0.6 is 11.6 Å². The maximum Gasteiger partial charge on any atom is 0.308 e. The summed E-state index contributed by atoms with van der Waals surface area (Å²) < 4.78 is 10.1. The Hall–Kier alpha value is -2.28. The lowest BCUT2D eigenvalue weighted by atomic mass is 10.2. The van der Waals surface area contributed by atoms with Crippen LogP contribution < -0.4 is 15.4 Å². The number of anilines is 1. The zero-order valence-electron chi connectivity index (χ0n) is 13.1. The number of hydrogen-bond acceptors (Lipinski definition) is 5. The molecule has 0 aromatic heterocycles. The molecule has 0 aliphatic rings. The number of methoxy groups -OCH3 is 1. The predicted octanol–water partition coefficient (Wildman–Crippen LogP) is 1.74. The molecular weight excluding hydrogens is 324 g/mol. The minimum atomic E-state index is -0.997. The summed E-state index contributed by atoms with van der Waals surface area (Å²) >= 11 is 5.88. The number of amides is 2. The lowest BCUT2D eigenvalue weighted by Crippen LogP contribution is -2.31. The molecule has 1 atom stereocenters. The summed E-state index contributed by atoms with van der Waals surface area (Å²) in [7, 11) is 1.46. The van der Waals surface area contributed by atoms with Gasteiger partial charge in [-0.3, -0.25) is 14.4 Å². The lowest BCUT2D eigenvalue weighted by Gasteiger charge is -2.15. The second kappa shape index (κ2) is 8.99. The average Bonchev–Trinajstić information content (AvgIpc) is 2.46. The van der Waals surface area contributed by atoms with Crippen molar-refractivity contribution in [1.82, 2.24) is 5.32 Å². The molecule has 7 nitrogen and oxygen atoms in total. The Kier molecular flexibility index (Phi) is 7.34. The summed E-state index contributed by atoms with van der Waals surface area (Å²) in [6.07, 6.45) is -1.01. The molecule has 1 aromatic rings. The molecular formula is C15H19ClN2O5. The Balaban J connectivity index is 2.55. The lowest BCUT2D eigenvalue weighted by molar-refractivity contribution is -0.153. The molecule has 2 N–H and O–H groups in total. The Morgan fingerprint density at radius 2 is 2.00 bits per heavy atom. The van der Waals surface area contributed by atoms with Crippen molar-refractivity contribution in [3.8, 4) is 5.75 Å². The fourth-order valence-electron chi connectivity index (χ4n) is 1.66. The number of benzene rings is 1. The summed E-state index contributed by atoms with van der Waals surface area (Å²) in [5, 5.41) is 5.49. The topological polar surface area (TPSA) is 93.7 Å². The van der Waals surface area contributed by atoms with E-state index in [1.54, 1.807) is 12.1 Å². The van der Waals surface area contributed by atoms with Crippen LogP contribution in [0.4, 0.5) is 5.69 Å². The van der Waals surface area contributed by atoms with E-state index in [0.29, 0.717) is 16.5 Å². The summed E-state index contributed by atoms with van der Waals surface area (Å²) in [6, 6.07) is 4.77. The van der Waals surface area contributed by atoms with Gasteiger partial charge in [-0.05, 0) is 25.1 Å². The zero-order valence-corrected chi connectivity index (χ0v) is 13.9. The third kappa shape index (κ3) is 6.56. The van der Waals surface area contributed by atoms with Crippen molar-refractivity contribution in [3.63, 3.8) is 0 Å². The minimum Gasteiger partial charge on any atom is -0.495 e. The number of carbonyl (C=O) groups is 3. The molecule has 0 spiro atoms. The molecule has 0 unspecified atom stereocenters. The van der Waals surface area contributed by atoms with Gasteiger partial charge in [0.05, 0.1) is 19.2 Å². The van der Waals surface area contributed by atoms with Crippen molar-refractivity contribution in [2.24, 2.45) is 0 Å². The molecule has 126 valence electrons. The van der Waals surface area contributed by atoms with Gasteiger partial charge >= 0.3 is 5.97 Å². The van der Waals surface area contributed by atoms with Gasteiger partial charge in [0.1, 0.15) is 5.75 Å². The zero-order chi connectivity index (χ0) is 17.4. The fourth-order valence-corrected chi connectivity index (χ4v) is 1.83. The number of carbonyl (C=O) groups excluding carboxylic acids is 3. The van der Waals surface area contributed by atoms with Crippen LogP contribution in [0.5, 0.6) is 5.75 Å². The van der Waals surface area contributed by atoms with Gasteiger partial charge < -0.3 is 20.1 Å². The monoisotopic (exact) mass is 342 g/mol. The molecule has 0 aliphatic heterocycles. The van der Waals surface area contributed by atoms with Crippen molar-refractivity contribution >= 4 is 35.1 Å². The Morgan fingerprint density at radius 3 is 2.61 bits per heavy atom. The highest BCUT2D eigenvalue weighted by atomic mass is 35.5. The second-order valence-electron chi connectivity index (χ2n) is 4.70. The molecule has 0 aliphatic carbocycles. The van der Waals surface area contributed by atoms with E-state index in [1.807, 2.05) is 0 Å². The molecule has 1 rings (SSSR count). The Bertz CT molecular complexity index is 591. The van der Waals surface area contributed by atoms with Crippen molar-refractivity contribution in [1.29, 1.82) is 0 Å². The molecule has 0 saturated heterocycles. The second-order valence-corrected chi connectivity index (χ2v) is 5.14. The van der Waals surface area contributed by atoms with E-state index in [-0.39, 0.29) is 18.9 Å². The molecule has 1 aromatic carbocycles. The van der Waals surface area contributed by atoms with Crippen LogP contribution in [0, 0.1) is 0 Å². The number of ether oxygens (including phenoxy) is 2. The van der Waals surface area contributed by atoms with E-state index in [4.69, 9.17) is 21.1 Å². The molecule has 0 bridgehead atoms. The SMILES string of the molecule is COc1ccc(Cl)cc1NC(=O)[C@@H](C)OC(=O)CCNC(C)=O. The number of nitrogens with one attached hydrogen (secondary N) is 2. The van der Waals surface area contributed by atoms with E-state index in [0.717, 1.165) is 0 Å². The molecule has 2 amide bonds. The Labute approximate surface area is 139 Å². The molecule has 0 fully saturated rings. The largest absolute Gasteiger partial charge is 0.495 e. The van der Waals surface area contributed by atoms with Crippen LogP contribution in [0.1, 0.15) is 20.3 Å². The highest BCUT2D eigenvalue weighted by molar-refractivity contribution is 6.31. The predicted molar refractivity (Wildman–Crippen MR) is 85.5 cm³/mol. The third-order valence-corrected chi connectivity index (χ3v) is 3.04. The number of hydrogen-bond donors (Lipinski definition) is 2. The molecule has 0 heterocycles. The third-order valence-electron chi connectivity index (χ3n) is 2.80. The van der Waals surface area contributed by atoms with Gasteiger partial charge in [-0.15, -0.1) is 0 Å². The van der Waals surface area contributed by atoms with E-state index in [1.165, 1.54) is 27.0 Å². The molecule has 8 heteroatoms. The van der Waals surface area contributed by atoms with Crippen LogP contribution in [-0.4, -0.2) is 37.5 Å². The van der Waals surface area contributed by atoms with Crippen LogP contribution in [0.2, 0.25) is 5.02 Å². The highest BCUT2D eigenvalue weighted by Gasteiger charge is 2.19. The fraction of sp³-hybridized carbons (Fsp3) is 0.400. The minimum absolute atomic E-state index is 0.0162. The first kappa shape index (κ1) is 18.8. The highest BCUT2D eigenvalue weighted by Crippen LogP contribution is 2.27. The van der Waals surface area contributed by atoms with E-state index in [2.05, 4.69) is 10.6 Å². The average molecular weight is 343 g/mol. The van der Waals surface area contributed by atoms with Crippen molar-refractivity contribution in [2.75, 3.05) is 19.0 Å². The number of halogens is 1. The van der Waals surface area contributed by atoms with E-state index in [9.17, 15) is 14.4 Å². The van der Waals surface area contributed by atoms with Gasteiger partial charge in [0.15, 0.2) is 6.10 Å². The maximum absolute atomic E-state index is 12.1. The summed E-state index contributed by atoms with van der Waals surface area (Å²) in [6.45, 7) is 2.95. The first-order valence-corrected chi connectivity index (χ1v) is 7.29. The van der Waals surface area contributed by atoms with Gasteiger partial charge in [0, 0.05) is 18.5 Å². The van der Waals surface area contributed by atoms with Gasteiger partial charge in [-0.2, -0.15) is 0 Å². The molecule has 0 radical (unpaired) electrons. The van der Waals surface area contributed by atoms with E-state index < -0.39 is 18.0 Å². The van der Waals surface area contributed by atoms with Crippen molar-refractivity contribution in [2.45, 2.75) is 26.4 Å². The molecule has 23 heavy (non-hydrogen) atoms. The summed E-state index contributed by atoms with van der Waals surface area (Å²) in [5.41, 5.74) is 0.381. The maximum atomic E-state index is 12.1. The standard InChI is InChI=1S/C15H19ClN2O5/c1-9(23-14(20)6-7-17-10(2)19)15(21)18-12-8-11(16)4-5-13(12)22-3/h4-5,8-9H,6-7H2,1-3H3,(H,17,19)(H,18,21)/t9-/m1/s1. The van der Waals surface area contributed by atoms with Crippen LogP contribution in [0.3, 0.4) is 0 Å². The van der Waals surface area contributed by atoms with Gasteiger partial charge in [-0.1, -0.05) is 11.6 Å². The summed E-state index contributed by atoms with van der Waals surface area (Å²) in [5.74, 6) is -0.901. The van der Waals surface area contributed by atoms with Gasteiger partial charge in [0.2, 0.25) is 5.91 Å². The smallest absolute Gasteiger partial charge is 0.308 e. The first-order chi connectivity index (χ1) is 10.8. The van der Waals surface area contributed by atoms with Crippen LogP contribution in [-0.2, 0) is 19.1 Å². The van der Waals surface area contributed by atoms with Crippen molar-refractivity contribution < 1.29 is 23.9 Å². The quantitative estimate of drug-likeness (QED) is 0.736. The van der Waals surface area contributed by atoms with E-state index >= 15 is 0 Å². The van der Waals surface area contributed by atoms with Gasteiger partial charge in [-0.25, -0.2) is 0 Å². The molecule has 0 saturated carbocycles. The van der Waals surface area contributed by atoms with Crippen molar-refractivity contribution in [3.05, 3.63) is 23.2 Å². The summed E-state index contributed by atoms with van der Waals surface area (Å²) in [4.78, 5) is 34.3. The number of rotatable bonds is 7. The number of esters is 1. The first-order valence-electron chi connectivity index (χ1n) is 6.91. The van der Waals surface area contributed by atoms with Crippen LogP contribution in [0.15, 0.2) is 18.2 Å². The van der Waals surface area contributed by atoms with Crippen LogP contribution in [0.25, 0.3) is 0 Å². The Morgan fingerprint density at radius 1 is 1.30 bits per heavy atom.